The van der Waals surface area contributed by atoms with Crippen LogP contribution in [0.15, 0.2) is 54.9 Å². The number of nitrogens with zero attached hydrogens (tertiary/aromatic N) is 2. The molecule has 0 saturated carbocycles. The number of rotatable bonds is 1. The van der Waals surface area contributed by atoms with Crippen molar-refractivity contribution in [1.29, 1.82) is 0 Å². The van der Waals surface area contributed by atoms with Gasteiger partial charge in [-0.25, -0.2) is 28.2 Å². The molecule has 0 amide bonds. The maximum atomic E-state index is 8.49. The highest BCUT2D eigenvalue weighted by atomic mass is 35.7. The van der Waals surface area contributed by atoms with E-state index in [0.717, 1.165) is 17.0 Å². The zero-order valence-electron chi connectivity index (χ0n) is 10.1. The Morgan fingerprint density at radius 1 is 0.900 bits per heavy atom. The summed E-state index contributed by atoms with van der Waals surface area (Å²) < 4.78 is 35.9. The van der Waals surface area contributed by atoms with Gasteiger partial charge >= 0.3 is 5.95 Å². The van der Waals surface area contributed by atoms with Crippen molar-refractivity contribution >= 4 is 11.0 Å². The largest absolute Gasteiger partial charge is 0.401 e. The van der Waals surface area contributed by atoms with E-state index in [1.165, 1.54) is 0 Å². The molecule has 0 aliphatic heterocycles. The van der Waals surface area contributed by atoms with Crippen molar-refractivity contribution in [2.24, 2.45) is 0 Å². The van der Waals surface area contributed by atoms with E-state index in [4.69, 9.17) is 18.6 Å². The van der Waals surface area contributed by atoms with Crippen LogP contribution in [-0.2, 0) is 0 Å². The number of benzene rings is 1. The average molecular weight is 296 g/mol. The Morgan fingerprint density at radius 3 is 2.10 bits per heavy atom. The minimum absolute atomic E-state index is 0.844. The van der Waals surface area contributed by atoms with E-state index in [1.807, 2.05) is 59.4 Å². The van der Waals surface area contributed by atoms with Crippen molar-refractivity contribution in [2.45, 2.75) is 0 Å². The van der Waals surface area contributed by atoms with Crippen molar-refractivity contribution in [1.82, 2.24) is 9.97 Å². The van der Waals surface area contributed by atoms with Crippen molar-refractivity contribution in [3.63, 3.8) is 0 Å². The summed E-state index contributed by atoms with van der Waals surface area (Å²) in [6.07, 6.45) is 3.94. The number of para-hydroxylation sites is 2. The average Bonchev–Trinajstić information content (AvgIpc) is 2.81. The standard InChI is InChI=1S/C12H10N3.ClHO4/c1-4-8-15(9-5-1)12-13-10-6-2-3-7-11(10)14-12;2-1(3,4)5/h1-9H,(H,13,14);(H,2,3,4,5)/q+1;/p-1. The topological polar surface area (TPSA) is 125 Å². The number of pyridine rings is 1. The lowest BCUT2D eigenvalue weighted by Crippen LogP contribution is -2.68. The van der Waals surface area contributed by atoms with Crippen LogP contribution in [0.5, 0.6) is 0 Å². The molecule has 0 saturated heterocycles. The van der Waals surface area contributed by atoms with Gasteiger partial charge < -0.3 is 0 Å². The van der Waals surface area contributed by atoms with Crippen LogP contribution in [0.2, 0.25) is 0 Å². The van der Waals surface area contributed by atoms with Crippen molar-refractivity contribution in [3.05, 3.63) is 54.9 Å². The number of hydrogen-bond donors (Lipinski definition) is 1. The fourth-order valence-electron chi connectivity index (χ4n) is 1.60. The smallest absolute Gasteiger partial charge is 0.238 e. The van der Waals surface area contributed by atoms with Gasteiger partial charge in [0.25, 0.3) is 0 Å². The molecule has 0 aliphatic carbocycles. The Bertz CT molecular complexity index is 643. The summed E-state index contributed by atoms with van der Waals surface area (Å²) in [5.74, 6) is 0.844. The van der Waals surface area contributed by atoms with E-state index < -0.39 is 10.2 Å². The molecular formula is C12H10ClN3O4. The van der Waals surface area contributed by atoms with Crippen molar-refractivity contribution < 1.29 is 33.4 Å². The second-order valence-electron chi connectivity index (χ2n) is 3.74. The van der Waals surface area contributed by atoms with E-state index in [2.05, 4.69) is 9.97 Å². The van der Waals surface area contributed by atoms with Gasteiger partial charge in [0.05, 0.1) is 12.4 Å². The number of imidazole rings is 1. The predicted octanol–water partition coefficient (Wildman–Crippen LogP) is -2.92. The summed E-state index contributed by atoms with van der Waals surface area (Å²) in [4.78, 5) is 7.75. The lowest BCUT2D eigenvalue weighted by molar-refractivity contribution is -2.00. The third kappa shape index (κ3) is 4.26. The fraction of sp³-hybridized carbons (Fsp3) is 0. The maximum absolute atomic E-state index is 8.49. The zero-order valence-corrected chi connectivity index (χ0v) is 10.9. The Kier molecular flexibility index (Phi) is 4.28. The minimum atomic E-state index is -4.94. The third-order valence-electron chi connectivity index (χ3n) is 2.34. The normalized spacial score (nSPS) is 11.0. The van der Waals surface area contributed by atoms with Gasteiger partial charge in [-0.15, -0.1) is 10.2 Å². The van der Waals surface area contributed by atoms with E-state index in [9.17, 15) is 0 Å². The van der Waals surface area contributed by atoms with E-state index in [1.54, 1.807) is 0 Å². The summed E-state index contributed by atoms with van der Waals surface area (Å²) in [6.45, 7) is 0. The molecule has 0 atom stereocenters. The molecule has 8 heteroatoms. The van der Waals surface area contributed by atoms with Crippen LogP contribution in [0.25, 0.3) is 17.0 Å². The summed E-state index contributed by atoms with van der Waals surface area (Å²) >= 11 is 0. The molecule has 20 heavy (non-hydrogen) atoms. The highest BCUT2D eigenvalue weighted by Crippen LogP contribution is 2.09. The van der Waals surface area contributed by atoms with Gasteiger partial charge in [0.15, 0.2) is 5.52 Å². The number of aromatic nitrogens is 3. The Balaban J connectivity index is 0.000000257. The highest BCUT2D eigenvalue weighted by molar-refractivity contribution is 5.75. The zero-order chi connectivity index (χ0) is 14.6. The number of halogens is 1. The van der Waals surface area contributed by atoms with Crippen LogP contribution in [0, 0.1) is 10.2 Å². The first-order chi connectivity index (χ1) is 9.43. The SMILES string of the molecule is [O-][Cl+3]([O-])([O-])[O-].c1cc[n+](-c2nc3ccccc3[nH]2)cc1. The van der Waals surface area contributed by atoms with Crippen LogP contribution in [-0.4, -0.2) is 9.97 Å². The lowest BCUT2D eigenvalue weighted by Gasteiger charge is -2.17. The van der Waals surface area contributed by atoms with Crippen LogP contribution in [0.3, 0.4) is 0 Å². The number of fused-ring (bicyclic) bond motifs is 1. The van der Waals surface area contributed by atoms with E-state index in [0.29, 0.717) is 0 Å². The molecular weight excluding hydrogens is 286 g/mol. The van der Waals surface area contributed by atoms with Crippen LogP contribution in [0.4, 0.5) is 0 Å². The highest BCUT2D eigenvalue weighted by Gasteiger charge is 2.11. The van der Waals surface area contributed by atoms with Gasteiger partial charge in [0.2, 0.25) is 0 Å². The molecule has 7 nitrogen and oxygen atoms in total. The molecule has 0 fully saturated rings. The molecule has 104 valence electrons. The number of hydrogen-bond acceptors (Lipinski definition) is 5. The molecule has 0 spiro atoms. The molecule has 2 heterocycles. The van der Waals surface area contributed by atoms with Gasteiger partial charge in [-0.05, 0) is 24.3 Å². The molecule has 2 aromatic heterocycles. The van der Waals surface area contributed by atoms with Crippen molar-refractivity contribution in [2.75, 3.05) is 0 Å². The Morgan fingerprint density at radius 2 is 1.50 bits per heavy atom. The summed E-state index contributed by atoms with van der Waals surface area (Å²) in [6, 6.07) is 14.0. The fourth-order valence-corrected chi connectivity index (χ4v) is 1.60. The quantitative estimate of drug-likeness (QED) is 0.482. The number of H-pyrrole nitrogens is 1. The monoisotopic (exact) mass is 295 g/mol. The first-order valence-corrected chi connectivity index (χ1v) is 6.70. The van der Waals surface area contributed by atoms with Crippen LogP contribution >= 0.6 is 0 Å². The summed E-state index contributed by atoms with van der Waals surface area (Å²) in [7, 11) is -4.94. The van der Waals surface area contributed by atoms with Crippen LogP contribution < -0.4 is 23.2 Å². The molecule has 0 radical (unpaired) electrons. The van der Waals surface area contributed by atoms with Gasteiger partial charge in [0.1, 0.15) is 5.52 Å². The minimum Gasteiger partial charge on any atom is -0.238 e. The Hall–Kier alpha value is -2.03. The van der Waals surface area contributed by atoms with E-state index in [-0.39, 0.29) is 0 Å². The van der Waals surface area contributed by atoms with Gasteiger partial charge in [-0.3, -0.25) is 0 Å². The first kappa shape index (κ1) is 14.4. The number of aromatic amines is 1. The van der Waals surface area contributed by atoms with Gasteiger partial charge in [-0.1, -0.05) is 23.2 Å². The second-order valence-corrected chi connectivity index (χ2v) is 4.49. The number of nitrogens with one attached hydrogen (secondary N) is 1. The third-order valence-corrected chi connectivity index (χ3v) is 2.34. The van der Waals surface area contributed by atoms with Gasteiger partial charge in [0, 0.05) is 0 Å². The molecule has 1 aromatic carbocycles. The first-order valence-electron chi connectivity index (χ1n) is 5.47. The summed E-state index contributed by atoms with van der Waals surface area (Å²) in [5.41, 5.74) is 2.05. The molecule has 0 aliphatic rings. The molecule has 3 aromatic rings. The molecule has 1 N–H and O–H groups in total. The van der Waals surface area contributed by atoms with Crippen molar-refractivity contribution in [3.8, 4) is 5.95 Å². The molecule has 0 bridgehead atoms. The second kappa shape index (κ2) is 5.95. The Labute approximate surface area is 116 Å². The van der Waals surface area contributed by atoms with E-state index >= 15 is 0 Å². The molecule has 0 unspecified atom stereocenters. The van der Waals surface area contributed by atoms with Gasteiger partial charge in [-0.2, -0.15) is 0 Å². The molecule has 3 rings (SSSR count). The predicted molar refractivity (Wildman–Crippen MR) is 57.6 cm³/mol. The summed E-state index contributed by atoms with van der Waals surface area (Å²) in [5, 5.41) is 0. The van der Waals surface area contributed by atoms with Crippen LogP contribution in [0.1, 0.15) is 0 Å². The maximum Gasteiger partial charge on any atom is 0.401 e. The lowest BCUT2D eigenvalue weighted by atomic mass is 10.3.